The van der Waals surface area contributed by atoms with Crippen LogP contribution < -0.4 is 11.1 Å². The first-order valence-corrected chi connectivity index (χ1v) is 10.4. The second-order valence-corrected chi connectivity index (χ2v) is 8.99. The van der Waals surface area contributed by atoms with Gasteiger partial charge in [-0.2, -0.15) is 0 Å². The number of hydrogen-bond donors (Lipinski definition) is 1. The van der Waals surface area contributed by atoms with Crippen molar-refractivity contribution in [1.82, 2.24) is 20.0 Å². The normalized spacial score (nSPS) is 13.3. The molecule has 0 saturated heterocycles. The van der Waals surface area contributed by atoms with Crippen molar-refractivity contribution < 1.29 is 17.8 Å². The molecule has 1 N–H and O–H groups in total. The van der Waals surface area contributed by atoms with Gasteiger partial charge in [0.2, 0.25) is 11.6 Å². The first-order valence-electron chi connectivity index (χ1n) is 7.51. The monoisotopic (exact) mass is 460 g/mol. The molecule has 0 amide bonds. The Morgan fingerprint density at radius 1 is 1.37 bits per heavy atom. The average Bonchev–Trinajstić information content (AvgIpc) is 3.23. The fourth-order valence-corrected chi connectivity index (χ4v) is 3.18. The molecule has 0 fully saturated rings. The third-order valence-corrected chi connectivity index (χ3v) is 5.97. The third-order valence-electron chi connectivity index (χ3n) is 3.63. The minimum atomic E-state index is -2.30. The number of nitrogens with one attached hydrogen (secondary N) is 1. The van der Waals surface area contributed by atoms with Crippen LogP contribution in [0.2, 0.25) is 0 Å². The molecule has 3 rings (SSSR count). The Kier molecular flexibility index (Phi) is 5.41. The van der Waals surface area contributed by atoms with Crippen molar-refractivity contribution in [2.75, 3.05) is 30.9 Å². The molecule has 0 radical (unpaired) electrons. The molecule has 0 aliphatic rings. The Morgan fingerprint density at radius 3 is 2.85 bits per heavy atom. The number of halogens is 2. The first kappa shape index (κ1) is 19.2. The van der Waals surface area contributed by atoms with Crippen LogP contribution in [-0.2, 0) is 9.73 Å². The van der Waals surface area contributed by atoms with Crippen molar-refractivity contribution in [3.8, 4) is 17.2 Å². The van der Waals surface area contributed by atoms with Crippen LogP contribution in [0, 0.1) is 5.82 Å². The molecule has 3 aromatic rings. The van der Waals surface area contributed by atoms with Gasteiger partial charge in [-0.25, -0.2) is 27.0 Å². The van der Waals surface area contributed by atoms with Crippen molar-refractivity contribution in [2.24, 2.45) is 4.36 Å². The van der Waals surface area contributed by atoms with E-state index < -0.39 is 21.3 Å². The molecule has 1 unspecified atom stereocenters. The summed E-state index contributed by atoms with van der Waals surface area (Å²) in [6.45, 7) is 0.276. The van der Waals surface area contributed by atoms with Gasteiger partial charge in [0.15, 0.2) is 5.69 Å². The number of hydrogen-bond acceptors (Lipinski definition) is 9. The summed E-state index contributed by atoms with van der Waals surface area (Å²) >= 11 is 3.07. The SMILES string of the molecule is CN=S(C)(=O)CCNc1nonc1-c1noc(=O)n1-c1ccc(F)c(Br)c1. The molecule has 10 nitrogen and oxygen atoms in total. The van der Waals surface area contributed by atoms with Crippen LogP contribution in [0.5, 0.6) is 0 Å². The molecule has 0 saturated carbocycles. The number of benzene rings is 1. The van der Waals surface area contributed by atoms with E-state index in [1.165, 1.54) is 25.2 Å². The number of aromatic nitrogens is 4. The van der Waals surface area contributed by atoms with Gasteiger partial charge in [-0.05, 0) is 44.4 Å². The Balaban J connectivity index is 1.95. The van der Waals surface area contributed by atoms with Gasteiger partial charge in [-0.1, -0.05) is 5.16 Å². The van der Waals surface area contributed by atoms with Crippen LogP contribution in [-0.4, -0.2) is 49.8 Å². The molecule has 1 aromatic carbocycles. The fraction of sp³-hybridized carbons (Fsp3) is 0.286. The zero-order valence-corrected chi connectivity index (χ0v) is 16.6. The molecular weight excluding hydrogens is 447 g/mol. The largest absolute Gasteiger partial charge is 0.446 e. The maximum absolute atomic E-state index is 13.5. The summed E-state index contributed by atoms with van der Waals surface area (Å²) in [5, 5.41) is 14.1. The summed E-state index contributed by atoms with van der Waals surface area (Å²) in [7, 11) is -0.816. The third kappa shape index (κ3) is 4.08. The first-order chi connectivity index (χ1) is 12.8. The maximum Gasteiger partial charge on any atom is 0.446 e. The van der Waals surface area contributed by atoms with Gasteiger partial charge in [-0.15, -0.1) is 0 Å². The molecule has 13 heteroatoms. The predicted molar refractivity (Wildman–Crippen MR) is 98.8 cm³/mol. The fourth-order valence-electron chi connectivity index (χ4n) is 2.15. The Bertz CT molecular complexity index is 1150. The lowest BCUT2D eigenvalue weighted by molar-refractivity contribution is 0.309. The van der Waals surface area contributed by atoms with Crippen LogP contribution in [0.4, 0.5) is 10.2 Å². The highest BCUT2D eigenvalue weighted by Gasteiger charge is 2.23. The van der Waals surface area contributed by atoms with Crippen molar-refractivity contribution in [2.45, 2.75) is 0 Å². The van der Waals surface area contributed by atoms with E-state index in [1.54, 1.807) is 6.26 Å². The molecule has 144 valence electrons. The lowest BCUT2D eigenvalue weighted by Gasteiger charge is -2.06. The van der Waals surface area contributed by atoms with E-state index in [0.29, 0.717) is 5.69 Å². The summed E-state index contributed by atoms with van der Waals surface area (Å²) in [4.78, 5) is 12.1. The van der Waals surface area contributed by atoms with Gasteiger partial charge >= 0.3 is 5.76 Å². The van der Waals surface area contributed by atoms with Gasteiger partial charge in [-0.3, -0.25) is 4.52 Å². The van der Waals surface area contributed by atoms with Crippen LogP contribution >= 0.6 is 15.9 Å². The second-order valence-electron chi connectivity index (χ2n) is 5.44. The molecule has 0 bridgehead atoms. The standard InChI is InChI=1S/C14H14BrFN6O4S/c1-17-27(2,24)6-5-18-12-11(19-26-20-12)13-21-25-14(23)22(13)8-3-4-10(16)9(15)7-8/h3-4,7H,5-6H2,1-2H3,(H,18,20). The average molecular weight is 461 g/mol. The van der Waals surface area contributed by atoms with Crippen LogP contribution in [0.3, 0.4) is 0 Å². The van der Waals surface area contributed by atoms with Gasteiger partial charge in [0.25, 0.3) is 0 Å². The van der Waals surface area contributed by atoms with Crippen LogP contribution in [0.1, 0.15) is 0 Å². The van der Waals surface area contributed by atoms with Crippen molar-refractivity contribution in [1.29, 1.82) is 0 Å². The number of nitrogens with zero attached hydrogens (tertiary/aromatic N) is 5. The zero-order chi connectivity index (χ0) is 19.6. The van der Waals surface area contributed by atoms with E-state index in [4.69, 9.17) is 9.15 Å². The topological polar surface area (TPSA) is 128 Å². The minimum absolute atomic E-state index is 0.0136. The van der Waals surface area contributed by atoms with Crippen LogP contribution in [0.25, 0.3) is 17.2 Å². The smallest absolute Gasteiger partial charge is 0.364 e. The molecule has 2 heterocycles. The molecule has 2 aromatic heterocycles. The quantitative estimate of drug-likeness (QED) is 0.590. The lowest BCUT2D eigenvalue weighted by Crippen LogP contribution is -2.16. The molecule has 27 heavy (non-hydrogen) atoms. The summed E-state index contributed by atoms with van der Waals surface area (Å²) in [6, 6.07) is 3.97. The lowest BCUT2D eigenvalue weighted by atomic mass is 10.3. The number of anilines is 1. The zero-order valence-electron chi connectivity index (χ0n) is 14.2. The summed E-state index contributed by atoms with van der Waals surface area (Å²) in [6.07, 6.45) is 1.54. The highest BCUT2D eigenvalue weighted by molar-refractivity contribution is 9.10. The molecule has 0 aliphatic heterocycles. The predicted octanol–water partition coefficient (Wildman–Crippen LogP) is 1.92. The van der Waals surface area contributed by atoms with E-state index in [0.717, 1.165) is 4.57 Å². The van der Waals surface area contributed by atoms with Crippen LogP contribution in [0.15, 0.2) is 41.0 Å². The van der Waals surface area contributed by atoms with E-state index in [1.807, 2.05) is 0 Å². The summed E-state index contributed by atoms with van der Waals surface area (Å²) < 4.78 is 40.0. The Morgan fingerprint density at radius 2 is 2.15 bits per heavy atom. The van der Waals surface area contributed by atoms with E-state index >= 15 is 0 Å². The van der Waals surface area contributed by atoms with Crippen molar-refractivity contribution in [3.63, 3.8) is 0 Å². The Labute approximate surface area is 161 Å². The summed E-state index contributed by atoms with van der Waals surface area (Å²) in [5.74, 6) is -0.811. The second kappa shape index (κ2) is 7.60. The van der Waals surface area contributed by atoms with E-state index in [9.17, 15) is 13.4 Å². The summed E-state index contributed by atoms with van der Waals surface area (Å²) in [5.41, 5.74) is 0.414. The number of rotatable bonds is 6. The molecule has 1 atom stereocenters. The van der Waals surface area contributed by atoms with Gasteiger partial charge in [0, 0.05) is 35.3 Å². The molecule has 0 aliphatic carbocycles. The Hall–Kier alpha value is -2.54. The van der Waals surface area contributed by atoms with Crippen molar-refractivity contribution >= 4 is 31.5 Å². The van der Waals surface area contributed by atoms with Crippen molar-refractivity contribution in [3.05, 3.63) is 39.0 Å². The van der Waals surface area contributed by atoms with E-state index in [2.05, 4.69) is 41.1 Å². The van der Waals surface area contributed by atoms with Gasteiger partial charge in [0.1, 0.15) is 5.82 Å². The van der Waals surface area contributed by atoms with Gasteiger partial charge < -0.3 is 5.32 Å². The minimum Gasteiger partial charge on any atom is -0.364 e. The highest BCUT2D eigenvalue weighted by atomic mass is 79.9. The molecular formula is C14H14BrFN6O4S. The molecule has 0 spiro atoms. The van der Waals surface area contributed by atoms with Gasteiger partial charge in [0.05, 0.1) is 10.2 Å². The highest BCUT2D eigenvalue weighted by Crippen LogP contribution is 2.26. The maximum atomic E-state index is 13.5. The van der Waals surface area contributed by atoms with E-state index in [-0.39, 0.29) is 34.1 Å².